The molecule has 0 heterocycles. The molecule has 6 rings (SSSR count). The number of benzene rings is 6. The Hall–Kier alpha value is -4.88. The molecular formula is C40H36O4P2. The molecular weight excluding hydrogens is 606 g/mol. The smallest absolute Gasteiger partial charge is 0.0134 e. The normalized spacial score (nSPS) is 11.8. The molecule has 0 radical (unpaired) electrons. The van der Waals surface area contributed by atoms with Crippen LogP contribution in [-0.4, -0.2) is 34.5 Å². The zero-order chi connectivity index (χ0) is 32.3. The summed E-state index contributed by atoms with van der Waals surface area (Å²) in [5, 5.41) is 26.4. The molecule has 6 heteroatoms. The van der Waals surface area contributed by atoms with Crippen molar-refractivity contribution in [2.75, 3.05) is 12.3 Å². The third-order valence-electron chi connectivity index (χ3n) is 8.15. The van der Waals surface area contributed by atoms with Crippen LogP contribution in [0.2, 0.25) is 0 Å². The van der Waals surface area contributed by atoms with E-state index in [9.17, 15) is 19.8 Å². The first-order valence-corrected chi connectivity index (χ1v) is 18.9. The van der Waals surface area contributed by atoms with Crippen molar-refractivity contribution in [1.29, 1.82) is 0 Å². The molecule has 0 aliphatic carbocycles. The average molecular weight is 643 g/mol. The van der Waals surface area contributed by atoms with Gasteiger partial charge in [0.15, 0.2) is 0 Å². The predicted molar refractivity (Wildman–Crippen MR) is 195 cm³/mol. The summed E-state index contributed by atoms with van der Waals surface area (Å²) in [4.78, 5) is 24.3. The maximum absolute atomic E-state index is 12.2. The SMILES string of the molecule is O=C(O)CP(CC(=O)O)(c1ccccc1)(c1ccccc1)c1ccccc1.c1ccc(P(c2ccccc2)c2ccccc2)cc1. The molecule has 0 aliphatic heterocycles. The number of carboxylic acid groups (broad SMARTS) is 2. The van der Waals surface area contributed by atoms with Crippen molar-refractivity contribution >= 4 is 58.3 Å². The zero-order valence-electron chi connectivity index (χ0n) is 25.3. The van der Waals surface area contributed by atoms with Gasteiger partial charge in [0.05, 0.1) is 0 Å². The maximum atomic E-state index is 12.2. The summed E-state index contributed by atoms with van der Waals surface area (Å²) in [6, 6.07) is 60.1. The second-order valence-electron chi connectivity index (χ2n) is 11.0. The predicted octanol–water partition coefficient (Wildman–Crippen LogP) is 6.13. The van der Waals surface area contributed by atoms with E-state index < -0.39 is 26.5 Å². The summed E-state index contributed by atoms with van der Waals surface area (Å²) in [7, 11) is -0.446. The molecule has 0 fully saturated rings. The molecule has 0 spiro atoms. The Bertz CT molecular complexity index is 1620. The van der Waals surface area contributed by atoms with Gasteiger partial charge in [-0.1, -0.05) is 91.0 Å². The second-order valence-corrected chi connectivity index (χ2v) is 18.4. The van der Waals surface area contributed by atoms with Crippen LogP contribution in [0.1, 0.15) is 0 Å². The van der Waals surface area contributed by atoms with E-state index in [0.717, 1.165) is 15.9 Å². The van der Waals surface area contributed by atoms with Crippen LogP contribution in [0.25, 0.3) is 0 Å². The second kappa shape index (κ2) is 14.9. The Labute approximate surface area is 271 Å². The minimum atomic E-state index is -3.82. The number of hydrogen-bond donors (Lipinski definition) is 2. The van der Waals surface area contributed by atoms with Gasteiger partial charge in [-0.2, -0.15) is 0 Å². The minimum absolute atomic E-state index is 0.254. The Morgan fingerprint density at radius 3 is 0.826 bits per heavy atom. The van der Waals surface area contributed by atoms with Gasteiger partial charge in [0.1, 0.15) is 0 Å². The summed E-state index contributed by atoms with van der Waals surface area (Å²) in [6.07, 6.45) is -0.508. The quantitative estimate of drug-likeness (QED) is 0.177. The Morgan fingerprint density at radius 2 is 0.609 bits per heavy atom. The Morgan fingerprint density at radius 1 is 0.391 bits per heavy atom. The molecule has 0 atom stereocenters. The fraction of sp³-hybridized carbons (Fsp3) is 0.0500. The van der Waals surface area contributed by atoms with Gasteiger partial charge in [0.2, 0.25) is 0 Å². The number of carboxylic acids is 2. The summed E-state index contributed by atoms with van der Waals surface area (Å²) in [6.45, 7) is -3.82. The molecule has 6 aromatic rings. The first-order valence-electron chi connectivity index (χ1n) is 15.0. The van der Waals surface area contributed by atoms with Gasteiger partial charge in [0, 0.05) is 0 Å². The molecule has 0 aliphatic rings. The molecule has 6 aromatic carbocycles. The van der Waals surface area contributed by atoms with Crippen LogP contribution in [0.5, 0.6) is 0 Å². The van der Waals surface area contributed by atoms with Crippen molar-refractivity contribution in [2.45, 2.75) is 0 Å². The van der Waals surface area contributed by atoms with E-state index in [1.165, 1.54) is 15.9 Å². The van der Waals surface area contributed by atoms with E-state index in [4.69, 9.17) is 0 Å². The van der Waals surface area contributed by atoms with Crippen LogP contribution in [0, 0.1) is 0 Å². The molecule has 46 heavy (non-hydrogen) atoms. The fourth-order valence-corrected chi connectivity index (χ4v) is 14.5. The number of carbonyl (C=O) groups is 2. The van der Waals surface area contributed by atoms with Gasteiger partial charge in [-0.05, 0) is 23.8 Å². The number of aliphatic carboxylic acids is 2. The van der Waals surface area contributed by atoms with Crippen molar-refractivity contribution < 1.29 is 19.8 Å². The van der Waals surface area contributed by atoms with Gasteiger partial charge in [-0.25, -0.2) is 0 Å². The third kappa shape index (κ3) is 6.85. The minimum Gasteiger partial charge on any atom is -0.0622 e. The van der Waals surface area contributed by atoms with E-state index in [-0.39, 0.29) is 12.3 Å². The van der Waals surface area contributed by atoms with Crippen LogP contribution in [-0.2, 0) is 9.59 Å². The van der Waals surface area contributed by atoms with Crippen molar-refractivity contribution in [2.24, 2.45) is 0 Å². The maximum Gasteiger partial charge on any atom is -0.0134 e. The molecule has 0 aromatic heterocycles. The zero-order valence-corrected chi connectivity index (χ0v) is 27.1. The van der Waals surface area contributed by atoms with E-state index in [1.807, 2.05) is 91.0 Å². The van der Waals surface area contributed by atoms with Gasteiger partial charge < -0.3 is 0 Å². The van der Waals surface area contributed by atoms with Gasteiger partial charge in [-0.15, -0.1) is 0 Å². The van der Waals surface area contributed by atoms with Crippen LogP contribution >= 0.6 is 14.5 Å². The van der Waals surface area contributed by atoms with Crippen LogP contribution in [0.4, 0.5) is 0 Å². The molecule has 0 saturated heterocycles. The molecule has 230 valence electrons. The third-order valence-corrected chi connectivity index (χ3v) is 17.2. The standard InChI is InChI=1S/C22H21O4P.C18H15P/c23-21(24)16-27(17-22(25)26,18-10-4-1-5-11-18,19-12-6-2-7-13-19)20-14-8-3-9-15-20;1-4-10-16(11-5-1)19(17-12-6-2-7-13-17)18-14-8-3-9-15-18/h1-15H,16-17H2,(H,23,24)(H,25,26);1-15H. The Kier molecular flexibility index (Phi) is 10.6. The molecule has 0 amide bonds. The summed E-state index contributed by atoms with van der Waals surface area (Å²) < 4.78 is 0. The molecule has 0 saturated carbocycles. The Balaban J connectivity index is 0.000000192. The molecule has 0 bridgehead atoms. The van der Waals surface area contributed by atoms with Gasteiger partial charge >= 0.3 is 158 Å². The number of rotatable bonds is 10. The molecule has 4 nitrogen and oxygen atoms in total. The van der Waals surface area contributed by atoms with Crippen molar-refractivity contribution in [3.63, 3.8) is 0 Å². The van der Waals surface area contributed by atoms with E-state index in [0.29, 0.717) is 0 Å². The summed E-state index contributed by atoms with van der Waals surface area (Å²) >= 11 is 0. The van der Waals surface area contributed by atoms with Crippen LogP contribution < -0.4 is 31.8 Å². The first-order chi connectivity index (χ1) is 22.4. The first kappa shape index (κ1) is 32.5. The fourth-order valence-electron chi connectivity index (χ4n) is 6.19. The monoisotopic (exact) mass is 642 g/mol. The average Bonchev–Trinajstić information content (AvgIpc) is 3.11. The van der Waals surface area contributed by atoms with Crippen molar-refractivity contribution in [3.05, 3.63) is 182 Å². The molecule has 2 N–H and O–H groups in total. The topological polar surface area (TPSA) is 74.6 Å². The van der Waals surface area contributed by atoms with Crippen molar-refractivity contribution in [1.82, 2.24) is 0 Å². The van der Waals surface area contributed by atoms with E-state index in [2.05, 4.69) is 91.0 Å². The van der Waals surface area contributed by atoms with Crippen LogP contribution in [0.3, 0.4) is 0 Å². The summed E-state index contributed by atoms with van der Waals surface area (Å²) in [5.74, 6) is -2.02. The van der Waals surface area contributed by atoms with Crippen molar-refractivity contribution in [3.8, 4) is 0 Å². The number of hydrogen-bond acceptors (Lipinski definition) is 2. The largest absolute Gasteiger partial charge is 0.0622 e. The van der Waals surface area contributed by atoms with E-state index in [1.54, 1.807) is 0 Å². The van der Waals surface area contributed by atoms with Gasteiger partial charge in [0.25, 0.3) is 0 Å². The van der Waals surface area contributed by atoms with E-state index >= 15 is 0 Å². The summed E-state index contributed by atoms with van der Waals surface area (Å²) in [5.41, 5.74) is 0. The van der Waals surface area contributed by atoms with Crippen LogP contribution in [0.15, 0.2) is 182 Å². The molecule has 0 unspecified atom stereocenters. The van der Waals surface area contributed by atoms with Gasteiger partial charge in [-0.3, -0.25) is 0 Å².